The average molecular weight is 639 g/mol. The van der Waals surface area contributed by atoms with Crippen molar-refractivity contribution in [2.75, 3.05) is 0 Å². The van der Waals surface area contributed by atoms with Crippen molar-refractivity contribution in [3.63, 3.8) is 0 Å². The van der Waals surface area contributed by atoms with E-state index < -0.39 is 5.54 Å². The number of benzene rings is 6. The van der Waals surface area contributed by atoms with Gasteiger partial charge in [0.15, 0.2) is 5.82 Å². The van der Waals surface area contributed by atoms with Gasteiger partial charge in [-0.25, -0.2) is 15.0 Å². The molecule has 0 bridgehead atoms. The normalized spacial score (nSPS) is 17.0. The van der Waals surface area contributed by atoms with Gasteiger partial charge >= 0.3 is 0 Å². The van der Waals surface area contributed by atoms with Crippen LogP contribution in [-0.4, -0.2) is 21.0 Å². The molecular weight excluding hydrogens is 609 g/mol. The summed E-state index contributed by atoms with van der Waals surface area (Å²) in [5.74, 6) is 1.63. The Kier molecular flexibility index (Phi) is 6.36. The highest BCUT2D eigenvalue weighted by Gasteiger charge is 2.53. The second-order valence-electron chi connectivity index (χ2n) is 12.8. The van der Waals surface area contributed by atoms with E-state index in [2.05, 4.69) is 174 Å². The van der Waals surface area contributed by atoms with Crippen molar-refractivity contribution in [2.45, 2.75) is 5.54 Å². The number of hydrogen-bond donors (Lipinski definition) is 0. The van der Waals surface area contributed by atoms with Gasteiger partial charge in [-0.15, -0.1) is 0 Å². The summed E-state index contributed by atoms with van der Waals surface area (Å²) in [5.41, 5.74) is 12.8. The zero-order chi connectivity index (χ0) is 33.1. The van der Waals surface area contributed by atoms with Crippen LogP contribution in [0.2, 0.25) is 0 Å². The number of allylic oxidation sites excluding steroid dienone is 2. The van der Waals surface area contributed by atoms with Gasteiger partial charge in [0, 0.05) is 33.4 Å². The van der Waals surface area contributed by atoms with Crippen LogP contribution in [0.5, 0.6) is 0 Å². The molecule has 1 aliphatic carbocycles. The molecule has 1 spiro atoms. The number of fused-ring (bicyclic) bond motifs is 7. The average Bonchev–Trinajstić information content (AvgIpc) is 3.89. The first-order chi connectivity index (χ1) is 24.8. The van der Waals surface area contributed by atoms with Gasteiger partial charge in [-0.05, 0) is 16.7 Å². The molecule has 4 nitrogen and oxygen atoms in total. The van der Waals surface area contributed by atoms with Crippen LogP contribution in [0, 0.1) is 0 Å². The predicted octanol–water partition coefficient (Wildman–Crippen LogP) is 10.2. The Hall–Kier alpha value is -6.65. The first-order valence-electron chi connectivity index (χ1n) is 17.0. The Morgan fingerprint density at radius 3 is 1.56 bits per heavy atom. The van der Waals surface area contributed by atoms with Crippen molar-refractivity contribution in [2.24, 2.45) is 9.98 Å². The van der Waals surface area contributed by atoms with E-state index in [1.165, 1.54) is 11.1 Å². The van der Waals surface area contributed by atoms with Crippen molar-refractivity contribution in [1.82, 2.24) is 9.55 Å². The molecule has 0 amide bonds. The van der Waals surface area contributed by atoms with Gasteiger partial charge in [0.25, 0.3) is 0 Å². The highest BCUT2D eigenvalue weighted by atomic mass is 15.2. The van der Waals surface area contributed by atoms with Crippen LogP contribution in [0.4, 0.5) is 0 Å². The van der Waals surface area contributed by atoms with E-state index in [1.807, 2.05) is 12.1 Å². The Bertz CT molecular complexity index is 2500. The number of aromatic nitrogens is 2. The molecule has 1 aromatic heterocycles. The second-order valence-corrected chi connectivity index (χ2v) is 12.8. The molecule has 2 aliphatic heterocycles. The fourth-order valence-corrected chi connectivity index (χ4v) is 7.94. The standard InChI is InChI=1S/C46H30N4/c1-5-18-32(19-6-1)40-41(33-20-7-2-8-21-33)48-44(47-40)39-30-29-31-17-13-15-27-37(31)46(39)38-28-16-14-26-36(38)45-49-42(34-22-9-3-10-23-34)43(50(45)46)35-24-11-4-12-25-35/h1-30H/t46-/m0/s1. The van der Waals surface area contributed by atoms with Gasteiger partial charge in [-0.2, -0.15) is 0 Å². The summed E-state index contributed by atoms with van der Waals surface area (Å²) in [7, 11) is 0. The predicted molar refractivity (Wildman–Crippen MR) is 203 cm³/mol. The number of imidazole rings is 1. The molecule has 234 valence electrons. The molecule has 1 atom stereocenters. The van der Waals surface area contributed by atoms with Gasteiger partial charge in [-0.1, -0.05) is 182 Å². The lowest BCUT2D eigenvalue weighted by Crippen LogP contribution is -2.38. The van der Waals surface area contributed by atoms with Gasteiger partial charge in [-0.3, -0.25) is 0 Å². The van der Waals surface area contributed by atoms with E-state index in [-0.39, 0.29) is 0 Å². The van der Waals surface area contributed by atoms with Gasteiger partial charge in [0.2, 0.25) is 0 Å². The summed E-state index contributed by atoms with van der Waals surface area (Å²) in [4.78, 5) is 16.4. The second kappa shape index (κ2) is 11.2. The minimum Gasteiger partial charge on any atom is -0.304 e. The molecule has 0 fully saturated rings. The molecule has 3 heterocycles. The van der Waals surface area contributed by atoms with Crippen molar-refractivity contribution < 1.29 is 0 Å². The van der Waals surface area contributed by atoms with Crippen LogP contribution in [-0.2, 0) is 5.54 Å². The SMILES string of the molecule is C1=Cc2ccccc2[C@@]2(C1=C1N=C(c3ccccc3)C(c3ccccc3)=N1)c1ccccc1-c1nc(-c3ccccc3)c(-c3ccccc3)n12. The first kappa shape index (κ1) is 28.4. The third-order valence-corrected chi connectivity index (χ3v) is 10.0. The maximum Gasteiger partial charge on any atom is 0.159 e. The van der Waals surface area contributed by atoms with Crippen LogP contribution < -0.4 is 0 Å². The van der Waals surface area contributed by atoms with Crippen LogP contribution in [0.15, 0.2) is 197 Å². The topological polar surface area (TPSA) is 42.5 Å². The highest BCUT2D eigenvalue weighted by Crippen LogP contribution is 2.58. The molecule has 6 aromatic carbocycles. The lowest BCUT2D eigenvalue weighted by Gasteiger charge is -2.39. The minimum absolute atomic E-state index is 0.699. The summed E-state index contributed by atoms with van der Waals surface area (Å²) < 4.78 is 2.48. The minimum atomic E-state index is -0.807. The molecule has 0 unspecified atom stereocenters. The molecule has 3 aliphatic rings. The van der Waals surface area contributed by atoms with Crippen LogP contribution in [0.25, 0.3) is 40.0 Å². The van der Waals surface area contributed by atoms with E-state index in [1.54, 1.807) is 0 Å². The monoisotopic (exact) mass is 638 g/mol. The molecular formula is C46H30N4. The zero-order valence-corrected chi connectivity index (χ0v) is 27.1. The molecule has 10 rings (SSSR count). The van der Waals surface area contributed by atoms with Crippen molar-refractivity contribution >= 4 is 17.5 Å². The smallest absolute Gasteiger partial charge is 0.159 e. The van der Waals surface area contributed by atoms with Crippen molar-refractivity contribution in [3.8, 4) is 33.9 Å². The number of nitrogens with zero attached hydrogens (tertiary/aromatic N) is 4. The largest absolute Gasteiger partial charge is 0.304 e. The highest BCUT2D eigenvalue weighted by molar-refractivity contribution is 6.55. The van der Waals surface area contributed by atoms with Crippen LogP contribution >= 0.6 is 0 Å². The number of rotatable bonds is 4. The lowest BCUT2D eigenvalue weighted by molar-refractivity contribution is 0.538. The fraction of sp³-hybridized carbons (Fsp3) is 0.0217. The van der Waals surface area contributed by atoms with Crippen LogP contribution in [0.3, 0.4) is 0 Å². The van der Waals surface area contributed by atoms with Gasteiger partial charge in [0.05, 0.1) is 22.8 Å². The Morgan fingerprint density at radius 2 is 0.940 bits per heavy atom. The van der Waals surface area contributed by atoms with Crippen molar-refractivity contribution in [3.05, 3.63) is 215 Å². The Balaban J connectivity index is 1.37. The molecule has 0 radical (unpaired) electrons. The Labute approximate surface area is 290 Å². The van der Waals surface area contributed by atoms with Gasteiger partial charge < -0.3 is 4.57 Å². The quantitative estimate of drug-likeness (QED) is 0.189. The lowest BCUT2D eigenvalue weighted by atomic mass is 9.71. The summed E-state index contributed by atoms with van der Waals surface area (Å²) in [6.07, 6.45) is 4.46. The Morgan fingerprint density at radius 1 is 0.440 bits per heavy atom. The van der Waals surface area contributed by atoms with E-state index in [0.717, 1.165) is 67.6 Å². The molecule has 0 saturated heterocycles. The molecule has 0 N–H and O–H groups in total. The molecule has 7 aromatic rings. The van der Waals surface area contributed by atoms with E-state index in [4.69, 9.17) is 15.0 Å². The van der Waals surface area contributed by atoms with E-state index in [9.17, 15) is 0 Å². The summed E-state index contributed by atoms with van der Waals surface area (Å²) >= 11 is 0. The van der Waals surface area contributed by atoms with E-state index in [0.29, 0.717) is 5.82 Å². The number of aliphatic imine (C=N–C) groups is 2. The molecule has 0 saturated carbocycles. The maximum atomic E-state index is 5.53. The number of hydrogen-bond acceptors (Lipinski definition) is 3. The molecule has 50 heavy (non-hydrogen) atoms. The van der Waals surface area contributed by atoms with Crippen LogP contribution in [0.1, 0.15) is 27.8 Å². The maximum absolute atomic E-state index is 5.53. The summed E-state index contributed by atoms with van der Waals surface area (Å²) in [5, 5.41) is 0. The third kappa shape index (κ3) is 4.09. The summed E-state index contributed by atoms with van der Waals surface area (Å²) in [6.45, 7) is 0. The van der Waals surface area contributed by atoms with Crippen molar-refractivity contribution in [1.29, 1.82) is 0 Å². The molecule has 4 heteroatoms. The first-order valence-corrected chi connectivity index (χ1v) is 17.0. The van der Waals surface area contributed by atoms with E-state index >= 15 is 0 Å². The van der Waals surface area contributed by atoms with Gasteiger partial charge in [0.1, 0.15) is 11.4 Å². The zero-order valence-electron chi connectivity index (χ0n) is 27.1. The third-order valence-electron chi connectivity index (χ3n) is 10.0. The summed E-state index contributed by atoms with van der Waals surface area (Å²) in [6, 6.07) is 59.5. The fourth-order valence-electron chi connectivity index (χ4n) is 7.94.